The Balaban J connectivity index is 1.89. The van der Waals surface area contributed by atoms with Gasteiger partial charge in [0.25, 0.3) is 0 Å². The number of nitrogens with one attached hydrogen (secondary N) is 1. The summed E-state index contributed by atoms with van der Waals surface area (Å²) >= 11 is 0. The lowest BCUT2D eigenvalue weighted by Crippen LogP contribution is -2.24. The van der Waals surface area contributed by atoms with Crippen LogP contribution in [0.2, 0.25) is 0 Å². The van der Waals surface area contributed by atoms with E-state index in [0.717, 1.165) is 17.2 Å². The fourth-order valence-electron chi connectivity index (χ4n) is 2.55. The molecule has 0 spiro atoms. The molecule has 0 saturated heterocycles. The molecule has 1 N–H and O–H groups in total. The average molecular weight is 356 g/mol. The predicted octanol–water partition coefficient (Wildman–Crippen LogP) is 3.67. The second kappa shape index (κ2) is 7.13. The number of aromatic nitrogens is 1. The highest BCUT2D eigenvalue weighted by atomic mass is 32.2. The summed E-state index contributed by atoms with van der Waals surface area (Å²) in [5.41, 5.74) is 3.40. The number of pyridine rings is 1. The van der Waals surface area contributed by atoms with Gasteiger partial charge in [-0.15, -0.1) is 0 Å². The fraction of sp³-hybridized carbons (Fsp3) is 0.105. The molecule has 2 aromatic carbocycles. The van der Waals surface area contributed by atoms with E-state index in [9.17, 15) is 12.8 Å². The Morgan fingerprint density at radius 2 is 1.84 bits per heavy atom. The third-order valence-corrected chi connectivity index (χ3v) is 5.20. The molecule has 0 unspecified atom stereocenters. The standard InChI is InChI=1S/C19H17FN2O2S/c1-14-6-4-7-15(12-14)19-16(8-5-11-21-19)13-22-25(23,24)18-10-3-2-9-17(18)20/h2-12,22H,13H2,1H3. The molecule has 128 valence electrons. The van der Waals surface area contributed by atoms with Crippen LogP contribution in [0.3, 0.4) is 0 Å². The lowest BCUT2D eigenvalue weighted by Gasteiger charge is -2.11. The maximum absolute atomic E-state index is 13.8. The predicted molar refractivity (Wildman–Crippen MR) is 94.8 cm³/mol. The van der Waals surface area contributed by atoms with Crippen molar-refractivity contribution < 1.29 is 12.8 Å². The molecule has 1 heterocycles. The molecular formula is C19H17FN2O2S. The van der Waals surface area contributed by atoms with E-state index < -0.39 is 15.8 Å². The summed E-state index contributed by atoms with van der Waals surface area (Å²) in [6.45, 7) is 2.00. The summed E-state index contributed by atoms with van der Waals surface area (Å²) in [5, 5.41) is 0. The minimum absolute atomic E-state index is 0.0216. The summed E-state index contributed by atoms with van der Waals surface area (Å²) in [4.78, 5) is 4.01. The van der Waals surface area contributed by atoms with Gasteiger partial charge in [0.15, 0.2) is 0 Å². The van der Waals surface area contributed by atoms with E-state index >= 15 is 0 Å². The number of rotatable bonds is 5. The topological polar surface area (TPSA) is 59.1 Å². The van der Waals surface area contributed by atoms with Crippen LogP contribution in [0.5, 0.6) is 0 Å². The Kier molecular flexibility index (Phi) is 4.92. The first kappa shape index (κ1) is 17.3. The van der Waals surface area contributed by atoms with Gasteiger partial charge in [0, 0.05) is 18.3 Å². The molecule has 3 rings (SSSR count). The number of halogens is 1. The molecule has 0 amide bonds. The van der Waals surface area contributed by atoms with Crippen LogP contribution in [0, 0.1) is 12.7 Å². The van der Waals surface area contributed by atoms with Gasteiger partial charge in [-0.3, -0.25) is 4.98 Å². The van der Waals surface area contributed by atoms with Crippen LogP contribution in [0.4, 0.5) is 4.39 Å². The van der Waals surface area contributed by atoms with E-state index in [-0.39, 0.29) is 11.4 Å². The van der Waals surface area contributed by atoms with E-state index in [1.807, 2.05) is 31.2 Å². The molecule has 3 aromatic rings. The van der Waals surface area contributed by atoms with E-state index in [0.29, 0.717) is 11.3 Å². The molecule has 0 aliphatic rings. The van der Waals surface area contributed by atoms with E-state index in [4.69, 9.17) is 0 Å². The maximum atomic E-state index is 13.8. The summed E-state index contributed by atoms with van der Waals surface area (Å²) < 4.78 is 40.9. The molecule has 0 aliphatic carbocycles. The summed E-state index contributed by atoms with van der Waals surface area (Å²) in [7, 11) is -3.95. The normalized spacial score (nSPS) is 11.4. The van der Waals surface area contributed by atoms with Crippen molar-refractivity contribution in [3.8, 4) is 11.3 Å². The highest BCUT2D eigenvalue weighted by Crippen LogP contribution is 2.22. The smallest absolute Gasteiger partial charge is 0.243 e. The van der Waals surface area contributed by atoms with Gasteiger partial charge in [-0.1, -0.05) is 42.0 Å². The SMILES string of the molecule is Cc1cccc(-c2ncccc2CNS(=O)(=O)c2ccccc2F)c1. The van der Waals surface area contributed by atoms with Crippen molar-refractivity contribution in [3.63, 3.8) is 0 Å². The van der Waals surface area contributed by atoms with Gasteiger partial charge in [-0.05, 0) is 36.8 Å². The van der Waals surface area contributed by atoms with Gasteiger partial charge in [0.05, 0.1) is 5.69 Å². The van der Waals surface area contributed by atoms with E-state index in [2.05, 4.69) is 9.71 Å². The molecule has 0 saturated carbocycles. The summed E-state index contributed by atoms with van der Waals surface area (Å²) in [6, 6.07) is 16.6. The third-order valence-electron chi connectivity index (χ3n) is 3.76. The van der Waals surface area contributed by atoms with Crippen molar-refractivity contribution in [2.75, 3.05) is 0 Å². The van der Waals surface area contributed by atoms with Gasteiger partial charge < -0.3 is 0 Å². The molecule has 1 aromatic heterocycles. The lowest BCUT2D eigenvalue weighted by atomic mass is 10.0. The van der Waals surface area contributed by atoms with Crippen molar-refractivity contribution in [3.05, 3.63) is 83.8 Å². The zero-order valence-corrected chi connectivity index (χ0v) is 14.4. The number of hydrogen-bond donors (Lipinski definition) is 1. The summed E-state index contributed by atoms with van der Waals surface area (Å²) in [5.74, 6) is -0.778. The molecule has 4 nitrogen and oxygen atoms in total. The van der Waals surface area contributed by atoms with Crippen molar-refractivity contribution >= 4 is 10.0 Å². The number of nitrogens with zero attached hydrogens (tertiary/aromatic N) is 1. The molecule has 0 aliphatic heterocycles. The number of benzene rings is 2. The number of hydrogen-bond acceptors (Lipinski definition) is 3. The Labute approximate surface area is 146 Å². The van der Waals surface area contributed by atoms with E-state index in [1.165, 1.54) is 18.2 Å². The quantitative estimate of drug-likeness (QED) is 0.759. The average Bonchev–Trinajstić information content (AvgIpc) is 2.60. The first-order valence-corrected chi connectivity index (χ1v) is 9.21. The molecule has 0 fully saturated rings. The zero-order chi connectivity index (χ0) is 17.9. The van der Waals surface area contributed by atoms with Crippen LogP contribution in [0.15, 0.2) is 71.8 Å². The van der Waals surface area contributed by atoms with Crippen LogP contribution < -0.4 is 4.72 Å². The summed E-state index contributed by atoms with van der Waals surface area (Å²) in [6.07, 6.45) is 1.66. The lowest BCUT2D eigenvalue weighted by molar-refractivity contribution is 0.557. The van der Waals surface area contributed by atoms with Crippen LogP contribution in [-0.2, 0) is 16.6 Å². The monoisotopic (exact) mass is 356 g/mol. The zero-order valence-electron chi connectivity index (χ0n) is 13.6. The first-order chi connectivity index (χ1) is 12.0. The number of aryl methyl sites for hydroxylation is 1. The molecule has 0 atom stereocenters. The van der Waals surface area contributed by atoms with Crippen molar-refractivity contribution in [2.45, 2.75) is 18.4 Å². The van der Waals surface area contributed by atoms with E-state index in [1.54, 1.807) is 18.3 Å². The second-order valence-electron chi connectivity index (χ2n) is 5.64. The Morgan fingerprint density at radius 1 is 1.04 bits per heavy atom. The van der Waals surface area contributed by atoms with Crippen LogP contribution in [0.1, 0.15) is 11.1 Å². The van der Waals surface area contributed by atoms with Crippen LogP contribution in [-0.4, -0.2) is 13.4 Å². The van der Waals surface area contributed by atoms with Gasteiger partial charge in [-0.2, -0.15) is 0 Å². The van der Waals surface area contributed by atoms with Crippen molar-refractivity contribution in [2.24, 2.45) is 0 Å². The maximum Gasteiger partial charge on any atom is 0.243 e. The van der Waals surface area contributed by atoms with Crippen LogP contribution in [0.25, 0.3) is 11.3 Å². The highest BCUT2D eigenvalue weighted by molar-refractivity contribution is 7.89. The molecular weight excluding hydrogens is 339 g/mol. The Morgan fingerprint density at radius 3 is 2.60 bits per heavy atom. The van der Waals surface area contributed by atoms with Crippen molar-refractivity contribution in [1.29, 1.82) is 0 Å². The van der Waals surface area contributed by atoms with Crippen LogP contribution >= 0.6 is 0 Å². The molecule has 25 heavy (non-hydrogen) atoms. The van der Waals surface area contributed by atoms with Gasteiger partial charge in [-0.25, -0.2) is 17.5 Å². The Bertz CT molecular complexity index is 1000. The Hall–Kier alpha value is -2.57. The van der Waals surface area contributed by atoms with Gasteiger partial charge >= 0.3 is 0 Å². The minimum Gasteiger partial charge on any atom is -0.256 e. The minimum atomic E-state index is -3.95. The fourth-order valence-corrected chi connectivity index (χ4v) is 3.63. The molecule has 6 heteroatoms. The number of sulfonamides is 1. The second-order valence-corrected chi connectivity index (χ2v) is 7.37. The van der Waals surface area contributed by atoms with Gasteiger partial charge in [0.2, 0.25) is 10.0 Å². The highest BCUT2D eigenvalue weighted by Gasteiger charge is 2.19. The van der Waals surface area contributed by atoms with Gasteiger partial charge in [0.1, 0.15) is 10.7 Å². The van der Waals surface area contributed by atoms with Crippen molar-refractivity contribution in [1.82, 2.24) is 9.71 Å². The molecule has 0 radical (unpaired) electrons. The third kappa shape index (κ3) is 3.92. The first-order valence-electron chi connectivity index (χ1n) is 7.72. The largest absolute Gasteiger partial charge is 0.256 e. The molecule has 0 bridgehead atoms.